The highest BCUT2D eigenvalue weighted by atomic mass is 19.4. The Morgan fingerprint density at radius 2 is 1.89 bits per heavy atom. The Labute approximate surface area is 200 Å². The zero-order valence-electron chi connectivity index (χ0n) is 19.1. The van der Waals surface area contributed by atoms with Gasteiger partial charge < -0.3 is 15.0 Å². The summed E-state index contributed by atoms with van der Waals surface area (Å²) in [6.07, 6.45) is -0.833. The van der Waals surface area contributed by atoms with Crippen LogP contribution in [0, 0.1) is 5.82 Å². The summed E-state index contributed by atoms with van der Waals surface area (Å²) in [5.74, 6) is 0.189. The third-order valence-corrected chi connectivity index (χ3v) is 5.55. The van der Waals surface area contributed by atoms with Gasteiger partial charge in [-0.05, 0) is 47.9 Å². The molecule has 35 heavy (non-hydrogen) atoms. The molecule has 184 valence electrons. The molecule has 2 aromatic carbocycles. The van der Waals surface area contributed by atoms with Gasteiger partial charge >= 0.3 is 6.18 Å². The number of aromatic nitrogens is 2. The van der Waals surface area contributed by atoms with Crippen LogP contribution in [0.25, 0.3) is 0 Å². The first-order valence-corrected chi connectivity index (χ1v) is 11.2. The molecule has 0 bridgehead atoms. The molecule has 2 heterocycles. The molecular formula is C25H25F4N5O. The predicted octanol–water partition coefficient (Wildman–Crippen LogP) is 5.40. The van der Waals surface area contributed by atoms with E-state index in [0.29, 0.717) is 49.9 Å². The monoisotopic (exact) mass is 487 g/mol. The lowest BCUT2D eigenvalue weighted by Gasteiger charge is -2.28. The highest BCUT2D eigenvalue weighted by molar-refractivity contribution is 5.83. The Morgan fingerprint density at radius 1 is 1.11 bits per heavy atom. The van der Waals surface area contributed by atoms with Crippen LogP contribution in [-0.4, -0.2) is 42.5 Å². The van der Waals surface area contributed by atoms with E-state index in [9.17, 15) is 17.6 Å². The van der Waals surface area contributed by atoms with Crippen molar-refractivity contribution in [3.05, 3.63) is 77.0 Å². The fraction of sp³-hybridized carbons (Fsp3) is 0.320. The third kappa shape index (κ3) is 6.33. The molecule has 0 amide bonds. The van der Waals surface area contributed by atoms with E-state index in [1.54, 1.807) is 18.3 Å². The molecule has 0 saturated carbocycles. The number of rotatable bonds is 7. The lowest BCUT2D eigenvalue weighted by atomic mass is 10.0. The van der Waals surface area contributed by atoms with Gasteiger partial charge in [-0.1, -0.05) is 19.1 Å². The summed E-state index contributed by atoms with van der Waals surface area (Å²) in [5, 5.41) is 3.03. The maximum Gasteiger partial charge on any atom is 0.416 e. The van der Waals surface area contributed by atoms with Gasteiger partial charge in [0.25, 0.3) is 0 Å². The number of ether oxygens (including phenoxy) is 1. The van der Waals surface area contributed by atoms with Crippen LogP contribution in [0.5, 0.6) is 0 Å². The van der Waals surface area contributed by atoms with Crippen molar-refractivity contribution in [3.63, 3.8) is 0 Å². The smallest absolute Gasteiger partial charge is 0.378 e. The van der Waals surface area contributed by atoms with Crippen LogP contribution in [0.15, 0.2) is 53.7 Å². The van der Waals surface area contributed by atoms with Crippen molar-refractivity contribution in [2.24, 2.45) is 4.99 Å². The van der Waals surface area contributed by atoms with Gasteiger partial charge in [-0.3, -0.25) is 4.99 Å². The first kappa shape index (κ1) is 24.6. The number of nitrogens with zero attached hydrogens (tertiary/aromatic N) is 4. The average Bonchev–Trinajstić information content (AvgIpc) is 2.86. The van der Waals surface area contributed by atoms with E-state index in [-0.39, 0.29) is 12.4 Å². The highest BCUT2D eigenvalue weighted by Gasteiger charge is 2.30. The van der Waals surface area contributed by atoms with E-state index in [0.717, 1.165) is 29.5 Å². The minimum absolute atomic E-state index is 0.186. The maximum atomic E-state index is 14.2. The predicted molar refractivity (Wildman–Crippen MR) is 127 cm³/mol. The van der Waals surface area contributed by atoms with Gasteiger partial charge in [0, 0.05) is 30.7 Å². The summed E-state index contributed by atoms with van der Waals surface area (Å²) in [5.41, 5.74) is 2.17. The van der Waals surface area contributed by atoms with Crippen LogP contribution >= 0.6 is 0 Å². The topological polar surface area (TPSA) is 62.6 Å². The summed E-state index contributed by atoms with van der Waals surface area (Å²) < 4.78 is 58.4. The van der Waals surface area contributed by atoms with Crippen molar-refractivity contribution in [2.45, 2.75) is 26.1 Å². The number of halogens is 4. The van der Waals surface area contributed by atoms with E-state index in [1.807, 2.05) is 24.0 Å². The number of anilines is 3. The summed E-state index contributed by atoms with van der Waals surface area (Å²) in [4.78, 5) is 14.6. The van der Waals surface area contributed by atoms with Gasteiger partial charge in [0.05, 0.1) is 31.5 Å². The molecule has 1 saturated heterocycles. The number of nitrogens with one attached hydrogen (secondary N) is 1. The Kier molecular flexibility index (Phi) is 7.60. The summed E-state index contributed by atoms with van der Waals surface area (Å²) in [6.45, 7) is 4.35. The van der Waals surface area contributed by atoms with E-state index in [1.165, 1.54) is 6.07 Å². The number of hydrogen-bond donors (Lipinski definition) is 1. The first-order valence-electron chi connectivity index (χ1n) is 11.2. The summed E-state index contributed by atoms with van der Waals surface area (Å²) >= 11 is 0. The van der Waals surface area contributed by atoms with E-state index >= 15 is 0 Å². The molecule has 4 rings (SSSR count). The fourth-order valence-corrected chi connectivity index (χ4v) is 3.75. The zero-order chi connectivity index (χ0) is 24.8. The van der Waals surface area contributed by atoms with Gasteiger partial charge in [-0.2, -0.15) is 13.2 Å². The minimum Gasteiger partial charge on any atom is -0.378 e. The van der Waals surface area contributed by atoms with Crippen molar-refractivity contribution in [1.29, 1.82) is 0 Å². The Balaban J connectivity index is 1.45. The van der Waals surface area contributed by atoms with Crippen molar-refractivity contribution < 1.29 is 22.3 Å². The standard InChI is InChI=1S/C25H25F4N5O/c1-2-17-12-21(32-20-5-3-4-19(13-20)25(27,28)29)7-6-18(17)14-30-16-23-31-15-22(26)24(33-23)34-8-10-35-11-9-34/h3-7,12-15,32H,2,8-11,16H2,1H3. The molecule has 6 nitrogen and oxygen atoms in total. The van der Waals surface area contributed by atoms with Gasteiger partial charge in [0.2, 0.25) is 0 Å². The van der Waals surface area contributed by atoms with Crippen LogP contribution in [0.1, 0.15) is 29.4 Å². The molecule has 0 atom stereocenters. The number of aliphatic imine (C=N–C) groups is 1. The molecule has 1 aromatic heterocycles. The Hall–Kier alpha value is -3.53. The molecule has 10 heteroatoms. The molecule has 1 fully saturated rings. The fourth-order valence-electron chi connectivity index (χ4n) is 3.75. The lowest BCUT2D eigenvalue weighted by Crippen LogP contribution is -2.37. The van der Waals surface area contributed by atoms with E-state index in [2.05, 4.69) is 20.3 Å². The normalized spacial score (nSPS) is 14.5. The molecule has 0 aliphatic carbocycles. The van der Waals surface area contributed by atoms with Crippen molar-refractivity contribution >= 4 is 23.4 Å². The molecule has 1 N–H and O–H groups in total. The van der Waals surface area contributed by atoms with Crippen molar-refractivity contribution in [3.8, 4) is 0 Å². The van der Waals surface area contributed by atoms with Crippen molar-refractivity contribution in [2.75, 3.05) is 36.5 Å². The van der Waals surface area contributed by atoms with E-state index < -0.39 is 17.6 Å². The van der Waals surface area contributed by atoms with Gasteiger partial charge in [0.1, 0.15) is 0 Å². The van der Waals surface area contributed by atoms with Crippen molar-refractivity contribution in [1.82, 2.24) is 9.97 Å². The molecule has 1 aliphatic rings. The Morgan fingerprint density at radius 3 is 2.63 bits per heavy atom. The maximum absolute atomic E-state index is 14.2. The molecule has 3 aromatic rings. The number of morpholine rings is 1. The quantitative estimate of drug-likeness (QED) is 0.357. The van der Waals surface area contributed by atoms with Crippen LogP contribution in [0.2, 0.25) is 0 Å². The van der Waals surface area contributed by atoms with Crippen LogP contribution in [0.3, 0.4) is 0 Å². The SMILES string of the molecule is CCc1cc(Nc2cccc(C(F)(F)F)c2)ccc1C=NCc1ncc(F)c(N2CCOCC2)n1. The zero-order valence-corrected chi connectivity index (χ0v) is 19.1. The second-order valence-corrected chi connectivity index (χ2v) is 8.00. The number of alkyl halides is 3. The minimum atomic E-state index is -4.40. The molecular weight excluding hydrogens is 462 g/mol. The van der Waals surface area contributed by atoms with Gasteiger partial charge in [-0.25, -0.2) is 14.4 Å². The van der Waals surface area contributed by atoms with Crippen LogP contribution in [0.4, 0.5) is 34.8 Å². The number of hydrogen-bond acceptors (Lipinski definition) is 6. The van der Waals surface area contributed by atoms with Crippen LogP contribution < -0.4 is 10.2 Å². The number of aryl methyl sites for hydroxylation is 1. The largest absolute Gasteiger partial charge is 0.416 e. The lowest BCUT2D eigenvalue weighted by molar-refractivity contribution is -0.137. The van der Waals surface area contributed by atoms with E-state index in [4.69, 9.17) is 4.74 Å². The van der Waals surface area contributed by atoms with Crippen LogP contribution in [-0.2, 0) is 23.9 Å². The summed E-state index contributed by atoms with van der Waals surface area (Å²) in [6, 6.07) is 10.6. The number of benzene rings is 2. The second kappa shape index (κ2) is 10.8. The third-order valence-electron chi connectivity index (χ3n) is 5.55. The highest BCUT2D eigenvalue weighted by Crippen LogP contribution is 2.31. The Bertz CT molecular complexity index is 1190. The molecule has 0 radical (unpaired) electrons. The average molecular weight is 488 g/mol. The molecule has 0 spiro atoms. The van der Waals surface area contributed by atoms with Gasteiger partial charge in [-0.15, -0.1) is 0 Å². The molecule has 1 aliphatic heterocycles. The summed E-state index contributed by atoms with van der Waals surface area (Å²) in [7, 11) is 0. The second-order valence-electron chi connectivity index (χ2n) is 8.00. The van der Waals surface area contributed by atoms with Gasteiger partial charge in [0.15, 0.2) is 17.5 Å². The molecule has 0 unspecified atom stereocenters. The first-order chi connectivity index (χ1) is 16.8.